The fourth-order valence-electron chi connectivity index (χ4n) is 5.51. The molecule has 17 heteroatoms. The zero-order valence-electron chi connectivity index (χ0n) is 20.2. The van der Waals surface area contributed by atoms with E-state index in [1.807, 2.05) is 12.1 Å². The van der Waals surface area contributed by atoms with E-state index in [1.54, 1.807) is 0 Å². The van der Waals surface area contributed by atoms with E-state index in [-0.39, 0.29) is 22.1 Å². The molecule has 1 aliphatic carbocycles. The Morgan fingerprint density at radius 3 is 2.44 bits per heavy atom. The van der Waals surface area contributed by atoms with E-state index in [0.717, 1.165) is 25.9 Å². The number of imidazole rings is 1. The monoisotopic (exact) mass is 599 g/mol. The fourth-order valence-corrected chi connectivity index (χ4v) is 8.18. The highest BCUT2D eigenvalue weighted by Gasteiger charge is 2.48. The minimum absolute atomic E-state index is 0.0539. The van der Waals surface area contributed by atoms with Gasteiger partial charge in [0.15, 0.2) is 40.5 Å². The molecular weight excluding hydrogens is 576 g/mol. The molecule has 0 bridgehead atoms. The first-order valence-corrected chi connectivity index (χ1v) is 15.8. The molecule has 208 valence electrons. The second-order valence-corrected chi connectivity index (χ2v) is 14.4. The predicted molar refractivity (Wildman–Crippen MR) is 137 cm³/mol. The summed E-state index contributed by atoms with van der Waals surface area (Å²) >= 11 is 6.26. The smallest absolute Gasteiger partial charge is 0.340 e. The van der Waals surface area contributed by atoms with Crippen LogP contribution in [0.3, 0.4) is 0 Å². The zero-order chi connectivity index (χ0) is 27.7. The van der Waals surface area contributed by atoms with E-state index < -0.39 is 45.8 Å². The average molecular weight is 600 g/mol. The SMILES string of the molecule is O=P(O)(O)CP(=O)(O)OCC1=C(O)C(O)[C@H](n2cnc3c(N4CC5(Cc6ccccc6C5)C4)nc(Cl)nc32)O1. The second-order valence-electron chi connectivity index (χ2n) is 10.1. The number of fused-ring (bicyclic) bond motifs is 2. The van der Waals surface area contributed by atoms with Crippen molar-refractivity contribution in [2.24, 2.45) is 5.41 Å². The van der Waals surface area contributed by atoms with Crippen LogP contribution in [0.2, 0.25) is 5.28 Å². The molecule has 4 heterocycles. The van der Waals surface area contributed by atoms with Crippen molar-refractivity contribution in [3.63, 3.8) is 0 Å². The predicted octanol–water partition coefficient (Wildman–Crippen LogP) is 2.08. The number of anilines is 1. The summed E-state index contributed by atoms with van der Waals surface area (Å²) in [6, 6.07) is 8.40. The van der Waals surface area contributed by atoms with Gasteiger partial charge >= 0.3 is 15.2 Å². The van der Waals surface area contributed by atoms with E-state index in [4.69, 9.17) is 30.6 Å². The summed E-state index contributed by atoms with van der Waals surface area (Å²) in [6.45, 7) is 0.678. The summed E-state index contributed by atoms with van der Waals surface area (Å²) in [7, 11) is -9.56. The van der Waals surface area contributed by atoms with Gasteiger partial charge in [-0.05, 0) is 35.6 Å². The molecule has 1 spiro atoms. The molecule has 5 N–H and O–H groups in total. The highest BCUT2D eigenvalue weighted by molar-refractivity contribution is 7.70. The summed E-state index contributed by atoms with van der Waals surface area (Å²) in [4.78, 5) is 42.7. The van der Waals surface area contributed by atoms with Gasteiger partial charge in [0.2, 0.25) is 11.5 Å². The molecule has 3 aromatic rings. The molecule has 2 unspecified atom stereocenters. The Hall–Kier alpha value is -2.54. The number of ether oxygens (including phenoxy) is 1. The second kappa shape index (κ2) is 9.25. The molecule has 3 aliphatic rings. The minimum atomic E-state index is -4.84. The van der Waals surface area contributed by atoms with Crippen molar-refractivity contribution >= 4 is 43.8 Å². The third kappa shape index (κ3) is 4.96. The van der Waals surface area contributed by atoms with Gasteiger partial charge in [-0.15, -0.1) is 0 Å². The molecule has 6 rings (SSSR count). The highest BCUT2D eigenvalue weighted by Crippen LogP contribution is 2.55. The number of hydrogen-bond donors (Lipinski definition) is 5. The normalized spacial score (nSPS) is 23.7. The van der Waals surface area contributed by atoms with Crippen LogP contribution >= 0.6 is 26.8 Å². The number of rotatable bonds is 7. The summed E-state index contributed by atoms with van der Waals surface area (Å²) in [5.41, 5.74) is 3.45. The number of hydrogen-bond acceptors (Lipinski definition) is 10. The largest absolute Gasteiger partial charge is 0.506 e. The number of aliphatic hydroxyl groups excluding tert-OH is 2. The molecular formula is C22H24ClN5O9P2. The van der Waals surface area contributed by atoms with Crippen LogP contribution in [0.15, 0.2) is 42.1 Å². The number of aliphatic hydroxyl groups is 2. The first-order chi connectivity index (χ1) is 18.3. The van der Waals surface area contributed by atoms with Gasteiger partial charge in [-0.25, -0.2) is 4.98 Å². The molecule has 1 aromatic carbocycles. The van der Waals surface area contributed by atoms with Crippen molar-refractivity contribution in [1.82, 2.24) is 19.5 Å². The van der Waals surface area contributed by atoms with Crippen LogP contribution in [-0.2, 0) is 31.2 Å². The first kappa shape index (κ1) is 26.7. The Morgan fingerprint density at radius 2 is 1.79 bits per heavy atom. The van der Waals surface area contributed by atoms with Gasteiger partial charge in [-0.2, -0.15) is 9.97 Å². The molecule has 1 saturated heterocycles. The summed E-state index contributed by atoms with van der Waals surface area (Å²) in [5.74, 6) is -1.95. The van der Waals surface area contributed by atoms with Crippen LogP contribution in [0.5, 0.6) is 0 Å². The highest BCUT2D eigenvalue weighted by atomic mass is 35.5. The topological polar surface area (TPSA) is 201 Å². The average Bonchev–Trinajstić information content (AvgIpc) is 3.49. The standard InChI is InChI=1S/C22H24ClN5O9P2/c23-21-25-18(27-8-22(9-27)5-12-3-1-2-4-13(12)6-22)15-19(26-21)28(10-24-15)20-17(30)16(29)14(37-20)7-36-39(34,35)11-38(31,32)33/h1-4,10,17,20,29-30H,5-9,11H2,(H,34,35)(H2,31,32,33)/t17?,20-/m1/s1. The van der Waals surface area contributed by atoms with Crippen LogP contribution in [0.4, 0.5) is 5.82 Å². The number of benzene rings is 1. The van der Waals surface area contributed by atoms with Crippen LogP contribution in [-0.4, -0.2) is 76.1 Å². The van der Waals surface area contributed by atoms with E-state index in [1.165, 1.54) is 22.0 Å². The Balaban J connectivity index is 1.20. The first-order valence-electron chi connectivity index (χ1n) is 11.8. The Kier molecular flexibility index (Phi) is 6.33. The van der Waals surface area contributed by atoms with Crippen molar-refractivity contribution < 1.29 is 43.3 Å². The van der Waals surface area contributed by atoms with Crippen LogP contribution in [0, 0.1) is 5.41 Å². The number of halogens is 1. The van der Waals surface area contributed by atoms with Crippen LogP contribution < -0.4 is 4.90 Å². The lowest BCUT2D eigenvalue weighted by Gasteiger charge is -2.49. The minimum Gasteiger partial charge on any atom is -0.506 e. The molecule has 0 radical (unpaired) electrons. The molecule has 14 nitrogen and oxygen atoms in total. The fraction of sp³-hybridized carbons (Fsp3) is 0.409. The molecule has 0 saturated carbocycles. The summed E-state index contributed by atoms with van der Waals surface area (Å²) in [5, 5.41) is 20.9. The van der Waals surface area contributed by atoms with Gasteiger partial charge in [0.25, 0.3) is 0 Å². The molecule has 2 aliphatic heterocycles. The van der Waals surface area contributed by atoms with Crippen LogP contribution in [0.1, 0.15) is 17.4 Å². The Bertz CT molecular complexity index is 1570. The summed E-state index contributed by atoms with van der Waals surface area (Å²) < 4.78 is 34.7. The Morgan fingerprint density at radius 1 is 1.13 bits per heavy atom. The molecule has 3 atom stereocenters. The van der Waals surface area contributed by atoms with Gasteiger partial charge in [0, 0.05) is 18.5 Å². The van der Waals surface area contributed by atoms with Gasteiger partial charge in [-0.1, -0.05) is 24.3 Å². The third-order valence-electron chi connectivity index (χ3n) is 7.11. The van der Waals surface area contributed by atoms with Crippen molar-refractivity contribution in [3.8, 4) is 0 Å². The zero-order valence-corrected chi connectivity index (χ0v) is 22.7. The third-order valence-corrected chi connectivity index (χ3v) is 10.7. The maximum Gasteiger partial charge on any atom is 0.340 e. The van der Waals surface area contributed by atoms with Gasteiger partial charge in [0.05, 0.1) is 0 Å². The number of aromatic nitrogens is 4. The van der Waals surface area contributed by atoms with Gasteiger partial charge in [0.1, 0.15) is 12.9 Å². The molecule has 1 fully saturated rings. The van der Waals surface area contributed by atoms with Crippen molar-refractivity contribution in [2.45, 2.75) is 25.2 Å². The Labute approximate surface area is 226 Å². The van der Waals surface area contributed by atoms with Crippen molar-refractivity contribution in [1.29, 1.82) is 0 Å². The van der Waals surface area contributed by atoms with E-state index >= 15 is 0 Å². The van der Waals surface area contributed by atoms with Crippen molar-refractivity contribution in [3.05, 3.63) is 58.5 Å². The van der Waals surface area contributed by atoms with E-state index in [0.29, 0.717) is 11.3 Å². The number of nitrogens with zero attached hydrogens (tertiary/aromatic N) is 5. The summed E-state index contributed by atoms with van der Waals surface area (Å²) in [6.07, 6.45) is 0.392. The molecule has 0 amide bonds. The quantitative estimate of drug-likeness (QED) is 0.195. The lowest BCUT2D eigenvalue weighted by Crippen LogP contribution is -2.57. The van der Waals surface area contributed by atoms with E-state index in [9.17, 15) is 24.2 Å². The maximum atomic E-state index is 12.0. The van der Waals surface area contributed by atoms with Crippen molar-refractivity contribution in [2.75, 3.05) is 30.5 Å². The lowest BCUT2D eigenvalue weighted by atomic mass is 9.77. The molecule has 39 heavy (non-hydrogen) atoms. The van der Waals surface area contributed by atoms with Crippen LogP contribution in [0.25, 0.3) is 11.2 Å². The maximum absolute atomic E-state index is 12.0. The lowest BCUT2D eigenvalue weighted by molar-refractivity contribution is -0.0112. The van der Waals surface area contributed by atoms with Gasteiger partial charge in [-0.3, -0.25) is 18.2 Å². The molecule has 2 aromatic heterocycles. The van der Waals surface area contributed by atoms with E-state index in [2.05, 4.69) is 32.0 Å². The van der Waals surface area contributed by atoms with Gasteiger partial charge < -0.3 is 34.5 Å².